The Morgan fingerprint density at radius 2 is 1.90 bits per heavy atom. The Kier molecular flexibility index (Phi) is 6.25. The molecule has 3 nitrogen and oxygen atoms in total. The molecular weight excluding hydrogens is 413 g/mol. The first-order valence-electron chi connectivity index (χ1n) is 6.21. The Morgan fingerprint density at radius 3 is 2.57 bits per heavy atom. The highest BCUT2D eigenvalue weighted by molar-refractivity contribution is 14.1. The van der Waals surface area contributed by atoms with Gasteiger partial charge < -0.3 is 4.74 Å². The highest BCUT2D eigenvalue weighted by Crippen LogP contribution is 2.27. The second-order valence-electron chi connectivity index (χ2n) is 4.18. The molecule has 0 saturated heterocycles. The maximum absolute atomic E-state index is 12.0. The van der Waals surface area contributed by atoms with Gasteiger partial charge in [0.15, 0.2) is 0 Å². The smallest absolute Gasteiger partial charge is 0.261 e. The summed E-state index contributed by atoms with van der Waals surface area (Å²) in [6.07, 6.45) is -2.13. The number of aromatic nitrogens is 2. The molecule has 0 fully saturated rings. The minimum atomic E-state index is -2.47. The summed E-state index contributed by atoms with van der Waals surface area (Å²) in [6, 6.07) is 9.59. The van der Waals surface area contributed by atoms with E-state index in [1.165, 1.54) is 0 Å². The van der Waals surface area contributed by atoms with Crippen LogP contribution >= 0.6 is 34.2 Å². The van der Waals surface area contributed by atoms with Gasteiger partial charge in [-0.25, -0.2) is 18.7 Å². The van der Waals surface area contributed by atoms with E-state index in [1.54, 1.807) is 0 Å². The average Bonchev–Trinajstić information content (AvgIpc) is 2.47. The molecule has 0 bridgehead atoms. The molecule has 0 saturated carbocycles. The molecule has 0 amide bonds. The van der Waals surface area contributed by atoms with Gasteiger partial charge in [-0.05, 0) is 22.6 Å². The van der Waals surface area contributed by atoms with Gasteiger partial charge in [-0.2, -0.15) is 0 Å². The molecule has 112 valence electrons. The van der Waals surface area contributed by atoms with Gasteiger partial charge in [0.1, 0.15) is 17.6 Å². The minimum absolute atomic E-state index is 0.134. The van der Waals surface area contributed by atoms with Gasteiger partial charge in [0.25, 0.3) is 6.43 Å². The Balaban J connectivity index is 2.15. The van der Waals surface area contributed by atoms with Crippen LogP contribution in [0.1, 0.15) is 5.82 Å². The number of hydrogen-bond acceptors (Lipinski definition) is 3. The summed E-state index contributed by atoms with van der Waals surface area (Å²) in [4.78, 5) is 8.60. The molecule has 7 heteroatoms. The molecular formula is C14H12ClF2IN2O. The summed E-state index contributed by atoms with van der Waals surface area (Å²) in [7, 11) is 0. The van der Waals surface area contributed by atoms with E-state index < -0.39 is 13.0 Å². The van der Waals surface area contributed by atoms with Crippen LogP contribution in [0, 0.1) is 3.57 Å². The van der Waals surface area contributed by atoms with Crippen molar-refractivity contribution in [1.29, 1.82) is 0 Å². The van der Waals surface area contributed by atoms with Crippen LogP contribution in [0.4, 0.5) is 8.78 Å². The maximum atomic E-state index is 12.0. The van der Waals surface area contributed by atoms with E-state index in [0.29, 0.717) is 17.4 Å². The lowest BCUT2D eigenvalue weighted by molar-refractivity contribution is 0.0183. The lowest BCUT2D eigenvalue weighted by atomic mass is 10.1. The van der Waals surface area contributed by atoms with Gasteiger partial charge in [0.2, 0.25) is 0 Å². The molecule has 2 rings (SSSR count). The van der Waals surface area contributed by atoms with Crippen molar-refractivity contribution in [2.75, 3.05) is 13.2 Å². The number of hydrogen-bond donors (Lipinski definition) is 0. The Morgan fingerprint density at radius 1 is 1.19 bits per heavy atom. The molecule has 0 aliphatic carbocycles. The lowest BCUT2D eigenvalue weighted by Gasteiger charge is -2.09. The van der Waals surface area contributed by atoms with Gasteiger partial charge in [0, 0.05) is 12.0 Å². The van der Waals surface area contributed by atoms with E-state index in [-0.39, 0.29) is 6.61 Å². The molecule has 0 aliphatic heterocycles. The molecule has 1 aromatic carbocycles. The average molecular weight is 425 g/mol. The predicted octanol–water partition coefficient (Wildman–Crippen LogP) is 4.23. The first-order valence-corrected chi connectivity index (χ1v) is 7.67. The topological polar surface area (TPSA) is 35.0 Å². The first-order chi connectivity index (χ1) is 10.1. The molecule has 21 heavy (non-hydrogen) atoms. The van der Waals surface area contributed by atoms with Crippen LogP contribution in [0.15, 0.2) is 30.3 Å². The zero-order valence-corrected chi connectivity index (χ0v) is 13.8. The molecule has 2 aromatic rings. The van der Waals surface area contributed by atoms with E-state index in [0.717, 1.165) is 14.8 Å². The van der Waals surface area contributed by atoms with Crippen molar-refractivity contribution in [3.63, 3.8) is 0 Å². The number of halogens is 4. The lowest BCUT2D eigenvalue weighted by Crippen LogP contribution is -2.09. The van der Waals surface area contributed by atoms with E-state index in [4.69, 9.17) is 16.3 Å². The fourth-order valence-electron chi connectivity index (χ4n) is 1.70. The third kappa shape index (κ3) is 4.82. The summed E-state index contributed by atoms with van der Waals surface area (Å²) < 4.78 is 29.6. The maximum Gasteiger partial charge on any atom is 0.261 e. The molecule has 0 aliphatic rings. The van der Waals surface area contributed by atoms with Crippen LogP contribution in [0.25, 0.3) is 11.3 Å². The number of alkyl halides is 2. The van der Waals surface area contributed by atoms with Crippen molar-refractivity contribution in [2.45, 2.75) is 12.8 Å². The summed E-state index contributed by atoms with van der Waals surface area (Å²) in [5.41, 5.74) is 1.67. The first kappa shape index (κ1) is 16.5. The Hall–Kier alpha value is -0.860. The molecule has 0 spiro atoms. The van der Waals surface area contributed by atoms with Crippen LogP contribution in [0.3, 0.4) is 0 Å². The number of ether oxygens (including phenoxy) is 1. The molecule has 0 atom stereocenters. The van der Waals surface area contributed by atoms with Crippen molar-refractivity contribution < 1.29 is 13.5 Å². The number of nitrogens with zero attached hydrogens (tertiary/aromatic N) is 2. The van der Waals surface area contributed by atoms with Crippen molar-refractivity contribution in [3.05, 3.63) is 44.9 Å². The second-order valence-corrected chi connectivity index (χ2v) is 5.61. The number of rotatable bonds is 6. The summed E-state index contributed by atoms with van der Waals surface area (Å²) >= 11 is 8.20. The van der Waals surface area contributed by atoms with E-state index >= 15 is 0 Å². The zero-order valence-electron chi connectivity index (χ0n) is 10.9. The fourth-order valence-corrected chi connectivity index (χ4v) is 2.44. The van der Waals surface area contributed by atoms with Crippen LogP contribution in [-0.4, -0.2) is 29.6 Å². The van der Waals surface area contributed by atoms with Crippen molar-refractivity contribution in [3.8, 4) is 11.3 Å². The van der Waals surface area contributed by atoms with Crippen LogP contribution in [-0.2, 0) is 11.2 Å². The number of benzene rings is 1. The predicted molar refractivity (Wildman–Crippen MR) is 85.7 cm³/mol. The molecule has 0 N–H and O–H groups in total. The highest BCUT2D eigenvalue weighted by atomic mass is 127. The second kappa shape index (κ2) is 7.95. The summed E-state index contributed by atoms with van der Waals surface area (Å²) in [5.74, 6) is 0.480. The molecule has 0 unspecified atom stereocenters. The van der Waals surface area contributed by atoms with Crippen molar-refractivity contribution in [1.82, 2.24) is 9.97 Å². The third-order valence-electron chi connectivity index (χ3n) is 2.62. The molecule has 0 radical (unpaired) electrons. The van der Waals surface area contributed by atoms with Crippen LogP contribution in [0.5, 0.6) is 0 Å². The van der Waals surface area contributed by atoms with Crippen molar-refractivity contribution >= 4 is 34.2 Å². The Bertz CT molecular complexity index is 599. The van der Waals surface area contributed by atoms with Crippen LogP contribution < -0.4 is 0 Å². The fraction of sp³-hybridized carbons (Fsp3) is 0.286. The van der Waals surface area contributed by atoms with E-state index in [2.05, 4.69) is 32.6 Å². The highest BCUT2D eigenvalue weighted by Gasteiger charge is 2.12. The molecule has 1 aromatic heterocycles. The normalized spacial score (nSPS) is 11.1. The van der Waals surface area contributed by atoms with Gasteiger partial charge in [-0.15, -0.1) is 0 Å². The summed E-state index contributed by atoms with van der Waals surface area (Å²) in [6.45, 7) is -0.445. The standard InChI is InChI=1S/C14H12ClF2IN2O/c15-14-12(18)13(9-4-2-1-3-5-9)19-11(20-14)6-7-21-8-10(16)17/h1-5,10H,6-8H2. The van der Waals surface area contributed by atoms with E-state index in [9.17, 15) is 8.78 Å². The zero-order chi connectivity index (χ0) is 15.2. The van der Waals surface area contributed by atoms with Gasteiger partial charge in [-0.3, -0.25) is 0 Å². The monoisotopic (exact) mass is 424 g/mol. The van der Waals surface area contributed by atoms with E-state index in [1.807, 2.05) is 30.3 Å². The molecule has 1 heterocycles. The van der Waals surface area contributed by atoms with Gasteiger partial charge in [0.05, 0.1) is 15.9 Å². The summed E-state index contributed by atoms with van der Waals surface area (Å²) in [5, 5.41) is 0.355. The SMILES string of the molecule is FC(F)COCCc1nc(Cl)c(I)c(-c2ccccc2)n1. The van der Waals surface area contributed by atoms with Crippen molar-refractivity contribution in [2.24, 2.45) is 0 Å². The van der Waals surface area contributed by atoms with Crippen LogP contribution in [0.2, 0.25) is 5.15 Å². The Labute approximate surface area is 139 Å². The van der Waals surface area contributed by atoms with Gasteiger partial charge >= 0.3 is 0 Å². The third-order valence-corrected chi connectivity index (χ3v) is 4.23. The minimum Gasteiger partial charge on any atom is -0.375 e. The largest absolute Gasteiger partial charge is 0.375 e. The van der Waals surface area contributed by atoms with Gasteiger partial charge in [-0.1, -0.05) is 41.9 Å². The quantitative estimate of drug-likeness (QED) is 0.396.